The van der Waals surface area contributed by atoms with Gasteiger partial charge in [0.05, 0.1) is 5.52 Å². The van der Waals surface area contributed by atoms with Crippen molar-refractivity contribution < 1.29 is 4.79 Å². The number of carbonyl (C=O) groups is 1. The summed E-state index contributed by atoms with van der Waals surface area (Å²) in [7, 11) is 0. The second-order valence-corrected chi connectivity index (χ2v) is 4.34. The molecule has 1 amide bonds. The normalized spacial score (nSPS) is 14.1. The van der Waals surface area contributed by atoms with Gasteiger partial charge in [-0.2, -0.15) is 0 Å². The minimum atomic E-state index is 0.208. The van der Waals surface area contributed by atoms with Crippen molar-refractivity contribution in [3.8, 4) is 0 Å². The SMILES string of the molecule is C=CN1CCCC1=O.C=Cn1ccc2ccccc21. The summed E-state index contributed by atoms with van der Waals surface area (Å²) in [5.74, 6) is 0.208. The lowest BCUT2D eigenvalue weighted by molar-refractivity contribution is -0.125. The van der Waals surface area contributed by atoms with Crippen LogP contribution in [-0.2, 0) is 4.79 Å². The van der Waals surface area contributed by atoms with Crippen molar-refractivity contribution >= 4 is 23.0 Å². The first-order chi connectivity index (χ1) is 9.26. The third-order valence-electron chi connectivity index (χ3n) is 3.16. The van der Waals surface area contributed by atoms with Gasteiger partial charge in [-0.3, -0.25) is 4.79 Å². The maximum atomic E-state index is 10.7. The van der Waals surface area contributed by atoms with E-state index in [4.69, 9.17) is 0 Å². The van der Waals surface area contributed by atoms with Crippen LogP contribution in [0.1, 0.15) is 12.8 Å². The Bertz CT molecular complexity index is 598. The molecule has 3 nitrogen and oxygen atoms in total. The smallest absolute Gasteiger partial charge is 0.226 e. The molecule has 2 heterocycles. The molecule has 0 saturated carbocycles. The predicted molar refractivity (Wildman–Crippen MR) is 79.5 cm³/mol. The Kier molecular flexibility index (Phi) is 4.18. The number of amides is 1. The van der Waals surface area contributed by atoms with E-state index < -0.39 is 0 Å². The Balaban J connectivity index is 0.000000148. The largest absolute Gasteiger partial charge is 0.324 e. The molecule has 0 atom stereocenters. The van der Waals surface area contributed by atoms with Crippen molar-refractivity contribution in [3.63, 3.8) is 0 Å². The Morgan fingerprint density at radius 2 is 1.89 bits per heavy atom. The van der Waals surface area contributed by atoms with Gasteiger partial charge >= 0.3 is 0 Å². The Morgan fingerprint density at radius 3 is 2.47 bits per heavy atom. The number of hydrogen-bond acceptors (Lipinski definition) is 1. The molecule has 19 heavy (non-hydrogen) atoms. The lowest BCUT2D eigenvalue weighted by Crippen LogP contribution is -2.16. The molecule has 3 heteroatoms. The number of para-hydroxylation sites is 1. The molecule has 1 aromatic carbocycles. The van der Waals surface area contributed by atoms with Crippen LogP contribution < -0.4 is 0 Å². The van der Waals surface area contributed by atoms with Gasteiger partial charge in [-0.15, -0.1) is 0 Å². The summed E-state index contributed by atoms with van der Waals surface area (Å²) in [6.07, 6.45) is 7.10. The van der Waals surface area contributed by atoms with Gasteiger partial charge in [-0.25, -0.2) is 0 Å². The number of carbonyl (C=O) groups excluding carboxylic acids is 1. The standard InChI is InChI=1S/C10H9N.C6H9NO/c1-2-11-8-7-9-5-3-4-6-10(9)11;1-2-7-5-3-4-6(7)8/h2-8H,1H2;2H,1,3-5H2. The molecule has 0 aliphatic carbocycles. The first-order valence-corrected chi connectivity index (χ1v) is 6.36. The second-order valence-electron chi connectivity index (χ2n) is 4.34. The number of nitrogens with zero attached hydrogens (tertiary/aromatic N) is 2. The highest BCUT2D eigenvalue weighted by molar-refractivity contribution is 5.81. The fraction of sp³-hybridized carbons (Fsp3) is 0.188. The molecule has 0 bridgehead atoms. The number of likely N-dealkylation sites (tertiary alicyclic amines) is 1. The summed E-state index contributed by atoms with van der Waals surface area (Å²) in [5.41, 5.74) is 1.21. The molecule has 0 N–H and O–H groups in total. The second kappa shape index (κ2) is 6.05. The molecule has 1 aliphatic rings. The van der Waals surface area contributed by atoms with E-state index >= 15 is 0 Å². The zero-order valence-electron chi connectivity index (χ0n) is 11.0. The topological polar surface area (TPSA) is 25.2 Å². The van der Waals surface area contributed by atoms with Crippen LogP contribution in [-0.4, -0.2) is 21.9 Å². The van der Waals surface area contributed by atoms with Gasteiger partial charge in [0.1, 0.15) is 0 Å². The van der Waals surface area contributed by atoms with Crippen LogP contribution in [0.4, 0.5) is 0 Å². The van der Waals surface area contributed by atoms with Gasteiger partial charge in [-0.05, 0) is 30.1 Å². The summed E-state index contributed by atoms with van der Waals surface area (Å²) < 4.78 is 2.01. The van der Waals surface area contributed by atoms with E-state index in [2.05, 4.69) is 31.4 Å². The number of rotatable bonds is 2. The monoisotopic (exact) mass is 254 g/mol. The van der Waals surface area contributed by atoms with Crippen molar-refractivity contribution in [2.75, 3.05) is 6.54 Å². The molecule has 0 radical (unpaired) electrons. The zero-order valence-corrected chi connectivity index (χ0v) is 11.0. The Hall–Kier alpha value is -2.29. The van der Waals surface area contributed by atoms with E-state index in [9.17, 15) is 4.79 Å². The minimum absolute atomic E-state index is 0.208. The summed E-state index contributed by atoms with van der Waals surface area (Å²) in [4.78, 5) is 12.3. The lowest BCUT2D eigenvalue weighted by Gasteiger charge is -2.05. The van der Waals surface area contributed by atoms with Crippen molar-refractivity contribution in [2.24, 2.45) is 0 Å². The van der Waals surface area contributed by atoms with E-state index in [-0.39, 0.29) is 5.91 Å². The van der Waals surface area contributed by atoms with Crippen molar-refractivity contribution in [3.05, 3.63) is 55.9 Å². The summed E-state index contributed by atoms with van der Waals surface area (Å²) in [6.45, 7) is 8.08. The molecule has 1 aliphatic heterocycles. The van der Waals surface area contributed by atoms with E-state index in [1.807, 2.05) is 29.1 Å². The minimum Gasteiger partial charge on any atom is -0.324 e. The Morgan fingerprint density at radius 1 is 1.11 bits per heavy atom. The first-order valence-electron chi connectivity index (χ1n) is 6.36. The highest BCUT2D eigenvalue weighted by Crippen LogP contribution is 2.14. The fourth-order valence-corrected chi connectivity index (χ4v) is 2.13. The van der Waals surface area contributed by atoms with E-state index in [0.717, 1.165) is 13.0 Å². The molecule has 98 valence electrons. The van der Waals surface area contributed by atoms with Crippen LogP contribution in [0.15, 0.2) is 55.9 Å². The van der Waals surface area contributed by atoms with Gasteiger partial charge in [0, 0.05) is 25.4 Å². The molecule has 3 rings (SSSR count). The lowest BCUT2D eigenvalue weighted by atomic mass is 10.2. The average molecular weight is 254 g/mol. The van der Waals surface area contributed by atoms with Gasteiger partial charge in [0.15, 0.2) is 0 Å². The van der Waals surface area contributed by atoms with E-state index in [1.54, 1.807) is 11.1 Å². The van der Waals surface area contributed by atoms with Crippen LogP contribution in [0.25, 0.3) is 17.1 Å². The van der Waals surface area contributed by atoms with Gasteiger partial charge in [0.25, 0.3) is 0 Å². The summed E-state index contributed by atoms with van der Waals surface area (Å²) in [5, 5.41) is 1.26. The quantitative estimate of drug-likeness (QED) is 0.805. The van der Waals surface area contributed by atoms with Crippen molar-refractivity contribution in [1.82, 2.24) is 9.47 Å². The predicted octanol–water partition coefficient (Wildman–Crippen LogP) is 3.49. The number of benzene rings is 1. The number of fused-ring (bicyclic) bond motifs is 1. The maximum absolute atomic E-state index is 10.7. The number of hydrogen-bond donors (Lipinski definition) is 0. The highest BCUT2D eigenvalue weighted by atomic mass is 16.2. The highest BCUT2D eigenvalue weighted by Gasteiger charge is 2.15. The zero-order chi connectivity index (χ0) is 13.7. The molecular weight excluding hydrogens is 236 g/mol. The fourth-order valence-electron chi connectivity index (χ4n) is 2.13. The molecule has 0 spiro atoms. The third-order valence-corrected chi connectivity index (χ3v) is 3.16. The molecule has 0 unspecified atom stereocenters. The van der Waals surface area contributed by atoms with Crippen LogP contribution in [0.2, 0.25) is 0 Å². The molecule has 1 aromatic heterocycles. The van der Waals surface area contributed by atoms with E-state index in [1.165, 1.54) is 10.9 Å². The van der Waals surface area contributed by atoms with Crippen LogP contribution in [0.5, 0.6) is 0 Å². The van der Waals surface area contributed by atoms with Crippen LogP contribution in [0.3, 0.4) is 0 Å². The van der Waals surface area contributed by atoms with Crippen molar-refractivity contribution in [2.45, 2.75) is 12.8 Å². The van der Waals surface area contributed by atoms with Crippen molar-refractivity contribution in [1.29, 1.82) is 0 Å². The van der Waals surface area contributed by atoms with Gasteiger partial charge < -0.3 is 9.47 Å². The molecule has 1 fully saturated rings. The van der Waals surface area contributed by atoms with Gasteiger partial charge in [0.2, 0.25) is 5.91 Å². The summed E-state index contributed by atoms with van der Waals surface area (Å²) >= 11 is 0. The molecule has 2 aromatic rings. The van der Waals surface area contributed by atoms with E-state index in [0.29, 0.717) is 6.42 Å². The third kappa shape index (κ3) is 2.94. The van der Waals surface area contributed by atoms with Crippen LogP contribution >= 0.6 is 0 Å². The Labute approximate surface area is 113 Å². The first kappa shape index (κ1) is 13.1. The number of aromatic nitrogens is 1. The molecular formula is C16H18N2O. The van der Waals surface area contributed by atoms with Gasteiger partial charge in [-0.1, -0.05) is 31.4 Å². The summed E-state index contributed by atoms with van der Waals surface area (Å²) in [6, 6.07) is 10.3. The maximum Gasteiger partial charge on any atom is 0.226 e. The molecule has 1 saturated heterocycles. The van der Waals surface area contributed by atoms with Crippen LogP contribution in [0, 0.1) is 0 Å². The average Bonchev–Trinajstić information content (AvgIpc) is 3.05.